The molecule has 0 amide bonds. The third kappa shape index (κ3) is 5.42. The molecule has 0 aliphatic heterocycles. The van der Waals surface area contributed by atoms with Gasteiger partial charge in [0.15, 0.2) is 10.8 Å². The van der Waals surface area contributed by atoms with Crippen LogP contribution >= 0.6 is 11.6 Å². The monoisotopic (exact) mass is 378 g/mol. The van der Waals surface area contributed by atoms with Gasteiger partial charge < -0.3 is 14.6 Å². The van der Waals surface area contributed by atoms with Crippen molar-refractivity contribution in [2.75, 3.05) is 13.2 Å². The van der Waals surface area contributed by atoms with E-state index in [-0.39, 0.29) is 24.0 Å². The van der Waals surface area contributed by atoms with Crippen molar-refractivity contribution in [2.24, 2.45) is 0 Å². The predicted octanol–water partition coefficient (Wildman–Crippen LogP) is 3.26. The van der Waals surface area contributed by atoms with Gasteiger partial charge in [0.2, 0.25) is 0 Å². The van der Waals surface area contributed by atoms with Crippen LogP contribution in [0.5, 0.6) is 5.75 Å². The Bertz CT molecular complexity index is 787. The molecule has 0 radical (unpaired) electrons. The Morgan fingerprint density at radius 2 is 1.92 bits per heavy atom. The lowest BCUT2D eigenvalue weighted by atomic mass is 10.1. The Kier molecular flexibility index (Phi) is 7.84. The average Bonchev–Trinajstić information content (AvgIpc) is 2.64. The fourth-order valence-electron chi connectivity index (χ4n) is 2.29. The maximum absolute atomic E-state index is 12.3. The first-order valence-electron chi connectivity index (χ1n) is 8.42. The summed E-state index contributed by atoms with van der Waals surface area (Å²) in [5.41, 5.74) is 2.09. The lowest BCUT2D eigenvalue weighted by Gasteiger charge is -2.11. The maximum atomic E-state index is 12.3. The third-order valence-corrected chi connectivity index (χ3v) is 3.99. The van der Waals surface area contributed by atoms with Crippen LogP contribution in [0.3, 0.4) is 0 Å². The van der Waals surface area contributed by atoms with Crippen molar-refractivity contribution in [2.45, 2.75) is 33.0 Å². The standard InChI is InChI=1S/C19H23ClN2O4/c1-3-4-14(2)22-19(24)18(20)17(11-21-22)26-13-16-7-5-15(6-8-16)12-25-10-9-23/h5-8,11,23H,2-4,9-10,12-13H2,1H3. The van der Waals surface area contributed by atoms with Crippen molar-refractivity contribution >= 4 is 17.3 Å². The van der Waals surface area contributed by atoms with Gasteiger partial charge in [-0.05, 0) is 17.5 Å². The second-order valence-corrected chi connectivity index (χ2v) is 6.12. The summed E-state index contributed by atoms with van der Waals surface area (Å²) in [6.45, 7) is 6.87. The van der Waals surface area contributed by atoms with Gasteiger partial charge in [0.1, 0.15) is 6.61 Å². The fourth-order valence-corrected chi connectivity index (χ4v) is 2.47. The van der Waals surface area contributed by atoms with Gasteiger partial charge in [-0.1, -0.05) is 55.8 Å². The van der Waals surface area contributed by atoms with Crippen LogP contribution in [-0.4, -0.2) is 28.1 Å². The average molecular weight is 379 g/mol. The van der Waals surface area contributed by atoms with Crippen molar-refractivity contribution < 1.29 is 14.6 Å². The van der Waals surface area contributed by atoms with Crippen molar-refractivity contribution in [1.29, 1.82) is 0 Å². The first-order chi connectivity index (χ1) is 12.6. The Balaban J connectivity index is 2.00. The van der Waals surface area contributed by atoms with Gasteiger partial charge in [0.05, 0.1) is 26.0 Å². The van der Waals surface area contributed by atoms with Crippen LogP contribution in [0, 0.1) is 0 Å². The molecule has 7 heteroatoms. The summed E-state index contributed by atoms with van der Waals surface area (Å²) in [6, 6.07) is 7.65. The number of aliphatic hydroxyl groups is 1. The van der Waals surface area contributed by atoms with E-state index >= 15 is 0 Å². The minimum Gasteiger partial charge on any atom is -0.485 e. The molecule has 0 saturated heterocycles. The summed E-state index contributed by atoms with van der Waals surface area (Å²) in [7, 11) is 0. The second-order valence-electron chi connectivity index (χ2n) is 5.74. The smallest absolute Gasteiger partial charge is 0.293 e. The molecule has 6 nitrogen and oxygen atoms in total. The lowest BCUT2D eigenvalue weighted by Crippen LogP contribution is -2.22. The van der Waals surface area contributed by atoms with E-state index in [9.17, 15) is 4.79 Å². The molecule has 1 aromatic heterocycles. The zero-order chi connectivity index (χ0) is 18.9. The normalized spacial score (nSPS) is 10.7. The van der Waals surface area contributed by atoms with Gasteiger partial charge in [-0.2, -0.15) is 5.10 Å². The molecule has 2 aromatic rings. The number of rotatable bonds is 10. The van der Waals surface area contributed by atoms with E-state index in [0.717, 1.165) is 17.5 Å². The third-order valence-electron chi connectivity index (χ3n) is 3.65. The minimum absolute atomic E-state index is 0.00525. The number of benzene rings is 1. The first kappa shape index (κ1) is 20.2. The van der Waals surface area contributed by atoms with E-state index in [2.05, 4.69) is 11.7 Å². The Labute approximate surface area is 157 Å². The van der Waals surface area contributed by atoms with Crippen LogP contribution in [0.1, 0.15) is 30.9 Å². The predicted molar refractivity (Wildman–Crippen MR) is 101 cm³/mol. The van der Waals surface area contributed by atoms with Crippen LogP contribution in [0.4, 0.5) is 0 Å². The first-order valence-corrected chi connectivity index (χ1v) is 8.79. The van der Waals surface area contributed by atoms with Gasteiger partial charge in [-0.3, -0.25) is 4.79 Å². The molecule has 0 aliphatic carbocycles. The SMILES string of the molecule is C=C(CCC)n1ncc(OCc2ccc(COCCO)cc2)c(Cl)c1=O. The molecule has 140 valence electrons. The highest BCUT2D eigenvalue weighted by Crippen LogP contribution is 2.21. The topological polar surface area (TPSA) is 73.6 Å². The zero-order valence-corrected chi connectivity index (χ0v) is 15.5. The van der Waals surface area contributed by atoms with E-state index < -0.39 is 5.56 Å². The largest absolute Gasteiger partial charge is 0.485 e. The summed E-state index contributed by atoms with van der Waals surface area (Å²) in [4.78, 5) is 12.3. The highest BCUT2D eigenvalue weighted by atomic mass is 35.5. The van der Waals surface area contributed by atoms with Crippen LogP contribution in [0.2, 0.25) is 5.02 Å². The van der Waals surface area contributed by atoms with E-state index in [4.69, 9.17) is 26.2 Å². The summed E-state index contributed by atoms with van der Waals surface area (Å²) in [5.74, 6) is 0.243. The number of aromatic nitrogens is 2. The molecule has 1 aromatic carbocycles. The molecule has 0 fully saturated rings. The molecule has 0 saturated carbocycles. The number of ether oxygens (including phenoxy) is 2. The number of allylic oxidation sites excluding steroid dienone is 1. The molecular formula is C19H23ClN2O4. The van der Waals surface area contributed by atoms with Gasteiger partial charge in [0, 0.05) is 5.70 Å². The fraction of sp³-hybridized carbons (Fsp3) is 0.368. The van der Waals surface area contributed by atoms with Crippen molar-refractivity contribution in [1.82, 2.24) is 9.78 Å². The molecule has 1 N–H and O–H groups in total. The summed E-state index contributed by atoms with van der Waals surface area (Å²) < 4.78 is 12.1. The molecule has 26 heavy (non-hydrogen) atoms. The molecule has 0 unspecified atom stereocenters. The number of halogens is 1. The molecule has 2 rings (SSSR count). The summed E-state index contributed by atoms with van der Waals surface area (Å²) in [5, 5.41) is 12.8. The van der Waals surface area contributed by atoms with Gasteiger partial charge >= 0.3 is 0 Å². The molecule has 0 spiro atoms. The van der Waals surface area contributed by atoms with Crippen LogP contribution in [-0.2, 0) is 18.0 Å². The highest BCUT2D eigenvalue weighted by Gasteiger charge is 2.12. The molecule has 0 aliphatic rings. The van der Waals surface area contributed by atoms with Crippen LogP contribution < -0.4 is 10.3 Å². The lowest BCUT2D eigenvalue weighted by molar-refractivity contribution is 0.0815. The summed E-state index contributed by atoms with van der Waals surface area (Å²) >= 11 is 6.13. The molecule has 0 bridgehead atoms. The van der Waals surface area contributed by atoms with Gasteiger partial charge in [0.25, 0.3) is 5.56 Å². The number of hydrogen-bond acceptors (Lipinski definition) is 5. The van der Waals surface area contributed by atoms with E-state index in [0.29, 0.717) is 25.3 Å². The van der Waals surface area contributed by atoms with Crippen LogP contribution in [0.15, 0.2) is 41.8 Å². The van der Waals surface area contributed by atoms with Gasteiger partial charge in [-0.15, -0.1) is 0 Å². The summed E-state index contributed by atoms with van der Waals surface area (Å²) in [6.07, 6.45) is 2.96. The number of nitrogens with zero attached hydrogens (tertiary/aromatic N) is 2. The van der Waals surface area contributed by atoms with Crippen molar-refractivity contribution in [3.63, 3.8) is 0 Å². The number of aliphatic hydroxyl groups excluding tert-OH is 1. The van der Waals surface area contributed by atoms with Crippen LogP contribution in [0.25, 0.3) is 5.70 Å². The van der Waals surface area contributed by atoms with Crippen molar-refractivity contribution in [3.05, 3.63) is 63.5 Å². The Hall–Kier alpha value is -2.15. The Morgan fingerprint density at radius 1 is 1.27 bits per heavy atom. The minimum atomic E-state index is -0.431. The molecule has 1 heterocycles. The van der Waals surface area contributed by atoms with Crippen molar-refractivity contribution in [3.8, 4) is 5.75 Å². The van der Waals surface area contributed by atoms with E-state index in [1.807, 2.05) is 31.2 Å². The Morgan fingerprint density at radius 3 is 2.54 bits per heavy atom. The maximum Gasteiger partial charge on any atom is 0.293 e. The van der Waals surface area contributed by atoms with E-state index in [1.54, 1.807) is 0 Å². The molecular weight excluding hydrogens is 356 g/mol. The van der Waals surface area contributed by atoms with E-state index in [1.165, 1.54) is 10.9 Å². The van der Waals surface area contributed by atoms with Gasteiger partial charge in [-0.25, -0.2) is 4.68 Å². The second kappa shape index (κ2) is 10.1. The quantitative estimate of drug-likeness (QED) is 0.642. The highest BCUT2D eigenvalue weighted by molar-refractivity contribution is 6.31. The number of hydrogen-bond donors (Lipinski definition) is 1. The molecule has 0 atom stereocenters. The zero-order valence-electron chi connectivity index (χ0n) is 14.8.